The summed E-state index contributed by atoms with van der Waals surface area (Å²) >= 11 is 4.71. The minimum atomic E-state index is -0.414. The van der Waals surface area contributed by atoms with E-state index in [2.05, 4.69) is 20.5 Å². The molecule has 0 aliphatic heterocycles. The summed E-state index contributed by atoms with van der Waals surface area (Å²) in [4.78, 5) is 25.5. The highest BCUT2D eigenvalue weighted by atomic mass is 32.1. The molecule has 1 aromatic heterocycles. The Morgan fingerprint density at radius 2 is 2.05 bits per heavy atom. The first kappa shape index (κ1) is 14.1. The van der Waals surface area contributed by atoms with Crippen molar-refractivity contribution in [3.63, 3.8) is 0 Å². The number of anilines is 1. The number of H-pyrrole nitrogens is 2. The van der Waals surface area contributed by atoms with E-state index in [0.29, 0.717) is 5.69 Å². The molecule has 2 aromatic rings. The van der Waals surface area contributed by atoms with E-state index in [1.165, 1.54) is 24.3 Å². The van der Waals surface area contributed by atoms with Gasteiger partial charge in [0, 0.05) is 18.5 Å². The minimum absolute atomic E-state index is 0.0814. The lowest BCUT2D eigenvalue weighted by Crippen LogP contribution is -2.19. The first-order valence-corrected chi connectivity index (χ1v) is 6.19. The maximum Gasteiger partial charge on any atom is 0.273 e. The molecule has 0 saturated heterocycles. The second kappa shape index (κ2) is 6.20. The van der Waals surface area contributed by atoms with Crippen molar-refractivity contribution in [3.05, 3.63) is 50.9 Å². The van der Waals surface area contributed by atoms with Gasteiger partial charge >= 0.3 is 0 Å². The number of hydrogen-bond donors (Lipinski definition) is 3. The molecule has 0 saturated carbocycles. The number of aromatic amines is 2. The van der Waals surface area contributed by atoms with Gasteiger partial charge in [0.05, 0.1) is 0 Å². The number of aryl methyl sites for hydroxylation is 1. The largest absolute Gasteiger partial charge is 0.326 e. The molecule has 6 nitrogen and oxygen atoms in total. The first-order valence-electron chi connectivity index (χ1n) is 5.78. The zero-order valence-electron chi connectivity index (χ0n) is 10.3. The Morgan fingerprint density at radius 3 is 2.70 bits per heavy atom. The highest BCUT2D eigenvalue weighted by molar-refractivity contribution is 7.71. The van der Waals surface area contributed by atoms with E-state index >= 15 is 0 Å². The normalized spacial score (nSPS) is 10.2. The monoisotopic (exact) mass is 294 g/mol. The second-order valence-corrected chi connectivity index (χ2v) is 4.42. The molecule has 0 aliphatic carbocycles. The lowest BCUT2D eigenvalue weighted by atomic mass is 10.2. The third-order valence-electron chi connectivity index (χ3n) is 2.50. The number of rotatable bonds is 4. The van der Waals surface area contributed by atoms with Crippen molar-refractivity contribution in [1.82, 2.24) is 15.2 Å². The van der Waals surface area contributed by atoms with Crippen LogP contribution in [0.4, 0.5) is 10.1 Å². The van der Waals surface area contributed by atoms with Crippen molar-refractivity contribution < 1.29 is 9.18 Å². The van der Waals surface area contributed by atoms with Crippen molar-refractivity contribution >= 4 is 23.8 Å². The van der Waals surface area contributed by atoms with Crippen molar-refractivity contribution in [3.8, 4) is 0 Å². The van der Waals surface area contributed by atoms with Gasteiger partial charge in [0.2, 0.25) is 5.91 Å². The zero-order chi connectivity index (χ0) is 14.5. The van der Waals surface area contributed by atoms with Crippen LogP contribution in [0, 0.1) is 10.6 Å². The topological polar surface area (TPSA) is 90.6 Å². The molecule has 0 atom stereocenters. The fourth-order valence-electron chi connectivity index (χ4n) is 1.53. The standard InChI is InChI=1S/C12H11FN4O2S/c13-7-1-3-8(4-2-7)14-10(18)6-5-9-11(19)15-12(20)17-16-9/h1-4H,5-6H2,(H,14,18)(H2,15,17,19,20). The number of hydrogen-bond acceptors (Lipinski definition) is 4. The molecule has 1 aromatic carbocycles. The van der Waals surface area contributed by atoms with Gasteiger partial charge in [-0.1, -0.05) is 0 Å². The Hall–Kier alpha value is -2.35. The number of nitrogens with zero attached hydrogens (tertiary/aromatic N) is 1. The summed E-state index contributed by atoms with van der Waals surface area (Å²) in [5.74, 6) is -0.668. The van der Waals surface area contributed by atoms with Crippen LogP contribution in [0.2, 0.25) is 0 Å². The lowest BCUT2D eigenvalue weighted by Gasteiger charge is -2.04. The summed E-state index contributed by atoms with van der Waals surface area (Å²) < 4.78 is 12.8. The number of amides is 1. The third kappa shape index (κ3) is 3.82. The van der Waals surface area contributed by atoms with Gasteiger partial charge in [-0.15, -0.1) is 0 Å². The molecule has 1 heterocycles. The molecule has 0 radical (unpaired) electrons. The van der Waals surface area contributed by atoms with Gasteiger partial charge < -0.3 is 5.32 Å². The molecule has 8 heteroatoms. The molecule has 104 valence electrons. The molecule has 0 bridgehead atoms. The Balaban J connectivity index is 1.93. The average Bonchev–Trinajstić information content (AvgIpc) is 2.40. The van der Waals surface area contributed by atoms with Crippen molar-refractivity contribution in [2.45, 2.75) is 12.8 Å². The van der Waals surface area contributed by atoms with E-state index in [0.717, 1.165) is 0 Å². The van der Waals surface area contributed by atoms with Crippen LogP contribution >= 0.6 is 12.2 Å². The molecular formula is C12H11FN4O2S. The van der Waals surface area contributed by atoms with Crippen LogP contribution in [-0.2, 0) is 11.2 Å². The maximum atomic E-state index is 12.7. The predicted octanol–water partition coefficient (Wildman–Crippen LogP) is 1.54. The zero-order valence-corrected chi connectivity index (χ0v) is 11.1. The number of benzene rings is 1. The van der Waals surface area contributed by atoms with Gasteiger partial charge in [0.15, 0.2) is 4.77 Å². The predicted molar refractivity (Wildman–Crippen MR) is 73.4 cm³/mol. The van der Waals surface area contributed by atoms with E-state index in [1.807, 2.05) is 0 Å². The quantitative estimate of drug-likeness (QED) is 0.746. The molecule has 1 amide bonds. The second-order valence-electron chi connectivity index (χ2n) is 4.01. The number of carbonyl (C=O) groups excluding carboxylic acids is 1. The Kier molecular flexibility index (Phi) is 4.36. The maximum absolute atomic E-state index is 12.7. The molecule has 2 rings (SSSR count). The van der Waals surface area contributed by atoms with Crippen molar-refractivity contribution in [1.29, 1.82) is 0 Å². The van der Waals surface area contributed by atoms with Crippen molar-refractivity contribution in [2.75, 3.05) is 5.32 Å². The average molecular weight is 294 g/mol. The fourth-order valence-corrected chi connectivity index (χ4v) is 1.67. The van der Waals surface area contributed by atoms with Gasteiger partial charge in [-0.25, -0.2) is 4.39 Å². The van der Waals surface area contributed by atoms with E-state index in [1.54, 1.807) is 0 Å². The fraction of sp³-hybridized carbons (Fsp3) is 0.167. The van der Waals surface area contributed by atoms with E-state index < -0.39 is 5.56 Å². The lowest BCUT2D eigenvalue weighted by molar-refractivity contribution is -0.116. The summed E-state index contributed by atoms with van der Waals surface area (Å²) in [6.07, 6.45) is 0.256. The summed E-state index contributed by atoms with van der Waals surface area (Å²) in [6.45, 7) is 0. The van der Waals surface area contributed by atoms with E-state index in [-0.39, 0.29) is 35.0 Å². The van der Waals surface area contributed by atoms with Gasteiger partial charge in [0.25, 0.3) is 5.56 Å². The summed E-state index contributed by atoms with van der Waals surface area (Å²) in [5, 5.41) is 8.82. The molecule has 0 fully saturated rings. The Bertz CT molecular complexity index is 723. The number of carbonyl (C=O) groups is 1. The SMILES string of the molecule is O=C(CCc1n[nH]c(=S)[nH]c1=O)Nc1ccc(F)cc1. The van der Waals surface area contributed by atoms with Crippen molar-refractivity contribution in [2.24, 2.45) is 0 Å². The highest BCUT2D eigenvalue weighted by Crippen LogP contribution is 2.08. The summed E-state index contributed by atoms with van der Waals surface area (Å²) in [7, 11) is 0. The highest BCUT2D eigenvalue weighted by Gasteiger charge is 2.07. The van der Waals surface area contributed by atoms with Crippen LogP contribution < -0.4 is 10.9 Å². The van der Waals surface area contributed by atoms with Crippen LogP contribution in [0.5, 0.6) is 0 Å². The molecule has 0 spiro atoms. The van der Waals surface area contributed by atoms with Crippen LogP contribution in [0.3, 0.4) is 0 Å². The molecule has 0 aliphatic rings. The van der Waals surface area contributed by atoms with Crippen LogP contribution in [0.15, 0.2) is 29.1 Å². The van der Waals surface area contributed by atoms with Gasteiger partial charge in [-0.2, -0.15) is 5.10 Å². The third-order valence-corrected chi connectivity index (χ3v) is 2.69. The summed E-state index contributed by atoms with van der Waals surface area (Å²) in [5.41, 5.74) is 0.280. The molecule has 3 N–H and O–H groups in total. The van der Waals surface area contributed by atoms with Crippen LogP contribution in [0.25, 0.3) is 0 Å². The molecule has 0 unspecified atom stereocenters. The molecular weight excluding hydrogens is 283 g/mol. The molecule has 20 heavy (non-hydrogen) atoms. The number of halogens is 1. The number of aromatic nitrogens is 3. The van der Waals surface area contributed by atoms with Gasteiger partial charge in [0.1, 0.15) is 11.5 Å². The van der Waals surface area contributed by atoms with Crippen LogP contribution in [-0.4, -0.2) is 21.1 Å². The number of nitrogens with one attached hydrogen (secondary N) is 3. The smallest absolute Gasteiger partial charge is 0.273 e. The Labute approximate surface area is 118 Å². The van der Waals surface area contributed by atoms with Crippen LogP contribution in [0.1, 0.15) is 12.1 Å². The minimum Gasteiger partial charge on any atom is -0.326 e. The van der Waals surface area contributed by atoms with Gasteiger partial charge in [-0.3, -0.25) is 19.7 Å². The van der Waals surface area contributed by atoms with E-state index in [9.17, 15) is 14.0 Å². The first-order chi connectivity index (χ1) is 9.54. The van der Waals surface area contributed by atoms with E-state index in [4.69, 9.17) is 12.2 Å². The Morgan fingerprint density at radius 1 is 1.35 bits per heavy atom. The summed E-state index contributed by atoms with van der Waals surface area (Å²) in [6, 6.07) is 5.41. The van der Waals surface area contributed by atoms with Gasteiger partial charge in [-0.05, 0) is 36.5 Å².